The van der Waals surface area contributed by atoms with Crippen molar-refractivity contribution < 1.29 is 9.13 Å². The van der Waals surface area contributed by atoms with E-state index >= 15 is 0 Å². The summed E-state index contributed by atoms with van der Waals surface area (Å²) in [7, 11) is 0. The van der Waals surface area contributed by atoms with Gasteiger partial charge in [0.1, 0.15) is 11.6 Å². The van der Waals surface area contributed by atoms with E-state index < -0.39 is 0 Å². The SMILES string of the molecule is CCOc1c(Br)cc(CNc2cccc(F)c2)cc1Br. The molecule has 0 saturated carbocycles. The first-order valence-corrected chi connectivity index (χ1v) is 7.79. The fourth-order valence-corrected chi connectivity index (χ4v) is 3.31. The molecule has 106 valence electrons. The summed E-state index contributed by atoms with van der Waals surface area (Å²) >= 11 is 6.99. The van der Waals surface area contributed by atoms with Gasteiger partial charge in [0.25, 0.3) is 0 Å². The predicted molar refractivity (Wildman–Crippen MR) is 86.7 cm³/mol. The molecule has 2 nitrogen and oxygen atoms in total. The highest BCUT2D eigenvalue weighted by atomic mass is 79.9. The zero-order valence-corrected chi connectivity index (χ0v) is 14.1. The molecular weight excluding hydrogens is 389 g/mol. The fourth-order valence-electron chi connectivity index (χ4n) is 1.80. The molecule has 2 rings (SSSR count). The highest BCUT2D eigenvalue weighted by Gasteiger charge is 2.08. The normalized spacial score (nSPS) is 10.4. The molecule has 0 amide bonds. The van der Waals surface area contributed by atoms with Gasteiger partial charge in [-0.3, -0.25) is 0 Å². The van der Waals surface area contributed by atoms with Crippen LogP contribution in [0.2, 0.25) is 0 Å². The maximum absolute atomic E-state index is 13.1. The van der Waals surface area contributed by atoms with Crippen LogP contribution in [0.5, 0.6) is 5.75 Å². The maximum Gasteiger partial charge on any atom is 0.147 e. The van der Waals surface area contributed by atoms with Gasteiger partial charge in [0, 0.05) is 12.2 Å². The molecule has 0 heterocycles. The minimum atomic E-state index is -0.246. The first kappa shape index (κ1) is 15.3. The van der Waals surface area contributed by atoms with Crippen molar-refractivity contribution in [2.75, 3.05) is 11.9 Å². The van der Waals surface area contributed by atoms with Crippen LogP contribution in [0.25, 0.3) is 0 Å². The molecule has 0 aromatic heterocycles. The van der Waals surface area contributed by atoms with Gasteiger partial charge in [-0.15, -0.1) is 0 Å². The Balaban J connectivity index is 2.10. The molecule has 2 aromatic rings. The average Bonchev–Trinajstić information content (AvgIpc) is 2.41. The molecule has 0 saturated heterocycles. The Morgan fingerprint density at radius 3 is 2.45 bits per heavy atom. The molecule has 0 aliphatic heterocycles. The molecule has 0 radical (unpaired) electrons. The van der Waals surface area contributed by atoms with Crippen LogP contribution in [0.1, 0.15) is 12.5 Å². The Morgan fingerprint density at radius 2 is 1.85 bits per heavy atom. The van der Waals surface area contributed by atoms with Crippen LogP contribution in [0.4, 0.5) is 10.1 Å². The molecule has 0 spiro atoms. The molecule has 1 N–H and O–H groups in total. The summed E-state index contributed by atoms with van der Waals surface area (Å²) in [6.07, 6.45) is 0. The minimum Gasteiger partial charge on any atom is -0.492 e. The number of hydrogen-bond acceptors (Lipinski definition) is 2. The van der Waals surface area contributed by atoms with E-state index in [4.69, 9.17) is 4.74 Å². The number of nitrogens with one attached hydrogen (secondary N) is 1. The molecule has 2 aromatic carbocycles. The van der Waals surface area contributed by atoms with Crippen LogP contribution in [0.15, 0.2) is 45.3 Å². The first-order chi connectivity index (χ1) is 9.60. The van der Waals surface area contributed by atoms with Crippen molar-refractivity contribution in [3.05, 3.63) is 56.7 Å². The number of rotatable bonds is 5. The van der Waals surface area contributed by atoms with Crippen molar-refractivity contribution in [1.29, 1.82) is 0 Å². The second-order valence-corrected chi connectivity index (χ2v) is 5.89. The van der Waals surface area contributed by atoms with E-state index in [-0.39, 0.29) is 5.82 Å². The lowest BCUT2D eigenvalue weighted by molar-refractivity contribution is 0.336. The van der Waals surface area contributed by atoms with E-state index in [9.17, 15) is 4.39 Å². The van der Waals surface area contributed by atoms with E-state index in [2.05, 4.69) is 37.2 Å². The Kier molecular flexibility index (Phi) is 5.43. The van der Waals surface area contributed by atoms with Crippen LogP contribution in [-0.2, 0) is 6.54 Å². The average molecular weight is 403 g/mol. The van der Waals surface area contributed by atoms with Gasteiger partial charge >= 0.3 is 0 Å². The number of benzene rings is 2. The number of halogens is 3. The Labute approximate surface area is 134 Å². The third kappa shape index (κ3) is 3.96. The standard InChI is InChI=1S/C15H14Br2FNO/c1-2-20-15-13(16)6-10(7-14(15)17)9-19-12-5-3-4-11(18)8-12/h3-8,19H,2,9H2,1H3. The van der Waals surface area contributed by atoms with Crippen molar-refractivity contribution in [2.45, 2.75) is 13.5 Å². The fraction of sp³-hybridized carbons (Fsp3) is 0.200. The van der Waals surface area contributed by atoms with Gasteiger partial charge in [-0.2, -0.15) is 0 Å². The lowest BCUT2D eigenvalue weighted by Gasteiger charge is -2.12. The monoisotopic (exact) mass is 401 g/mol. The van der Waals surface area contributed by atoms with E-state index in [1.54, 1.807) is 6.07 Å². The van der Waals surface area contributed by atoms with E-state index in [1.165, 1.54) is 12.1 Å². The van der Waals surface area contributed by atoms with Gasteiger partial charge < -0.3 is 10.1 Å². The van der Waals surface area contributed by atoms with Crippen molar-refractivity contribution in [1.82, 2.24) is 0 Å². The summed E-state index contributed by atoms with van der Waals surface area (Å²) in [5, 5.41) is 3.19. The zero-order valence-electron chi connectivity index (χ0n) is 10.9. The maximum atomic E-state index is 13.1. The van der Waals surface area contributed by atoms with Gasteiger partial charge in [0.05, 0.1) is 15.6 Å². The highest BCUT2D eigenvalue weighted by molar-refractivity contribution is 9.11. The Hall–Kier alpha value is -1.07. The zero-order chi connectivity index (χ0) is 14.5. The molecule has 0 bridgehead atoms. The van der Waals surface area contributed by atoms with Gasteiger partial charge in [-0.25, -0.2) is 4.39 Å². The van der Waals surface area contributed by atoms with Crippen molar-refractivity contribution in [2.24, 2.45) is 0 Å². The topological polar surface area (TPSA) is 21.3 Å². The summed E-state index contributed by atoms with van der Waals surface area (Å²) in [6, 6.07) is 10.4. The summed E-state index contributed by atoms with van der Waals surface area (Å²) in [4.78, 5) is 0. The Morgan fingerprint density at radius 1 is 1.15 bits per heavy atom. The van der Waals surface area contributed by atoms with Crippen LogP contribution >= 0.6 is 31.9 Å². The number of anilines is 1. The summed E-state index contributed by atoms with van der Waals surface area (Å²) in [5.74, 6) is 0.547. The summed E-state index contributed by atoms with van der Waals surface area (Å²) < 4.78 is 20.4. The van der Waals surface area contributed by atoms with Crippen LogP contribution in [0, 0.1) is 5.82 Å². The molecule has 0 unspecified atom stereocenters. The van der Waals surface area contributed by atoms with Gasteiger partial charge in [0.15, 0.2) is 0 Å². The summed E-state index contributed by atoms with van der Waals surface area (Å²) in [6.45, 7) is 3.16. The van der Waals surface area contributed by atoms with Gasteiger partial charge in [0.2, 0.25) is 0 Å². The van der Waals surface area contributed by atoms with E-state index in [0.717, 1.165) is 25.9 Å². The molecular formula is C15H14Br2FNO. The van der Waals surface area contributed by atoms with Crippen LogP contribution in [0.3, 0.4) is 0 Å². The van der Waals surface area contributed by atoms with Crippen molar-refractivity contribution in [3.8, 4) is 5.75 Å². The van der Waals surface area contributed by atoms with Gasteiger partial charge in [-0.05, 0) is 74.7 Å². The third-order valence-electron chi connectivity index (χ3n) is 2.67. The van der Waals surface area contributed by atoms with Crippen LogP contribution in [-0.4, -0.2) is 6.61 Å². The molecule has 20 heavy (non-hydrogen) atoms. The minimum absolute atomic E-state index is 0.246. The van der Waals surface area contributed by atoms with Crippen molar-refractivity contribution >= 4 is 37.5 Å². The molecule has 0 atom stereocenters. The van der Waals surface area contributed by atoms with E-state index in [0.29, 0.717) is 13.2 Å². The smallest absolute Gasteiger partial charge is 0.147 e. The Bertz CT molecular complexity index is 581. The molecule has 5 heteroatoms. The van der Waals surface area contributed by atoms with Gasteiger partial charge in [-0.1, -0.05) is 6.07 Å². The largest absolute Gasteiger partial charge is 0.492 e. The van der Waals surface area contributed by atoms with Crippen molar-refractivity contribution in [3.63, 3.8) is 0 Å². The van der Waals surface area contributed by atoms with Crippen LogP contribution < -0.4 is 10.1 Å². The summed E-state index contributed by atoms with van der Waals surface area (Å²) in [5.41, 5.74) is 1.82. The quantitative estimate of drug-likeness (QED) is 0.726. The third-order valence-corrected chi connectivity index (χ3v) is 3.85. The molecule has 0 aliphatic rings. The highest BCUT2D eigenvalue weighted by Crippen LogP contribution is 2.35. The lowest BCUT2D eigenvalue weighted by atomic mass is 10.2. The first-order valence-electron chi connectivity index (χ1n) is 6.20. The molecule has 0 aliphatic carbocycles. The number of hydrogen-bond donors (Lipinski definition) is 1. The second-order valence-electron chi connectivity index (χ2n) is 4.19. The lowest BCUT2D eigenvalue weighted by Crippen LogP contribution is -2.01. The molecule has 0 fully saturated rings. The second kappa shape index (κ2) is 7.09. The van der Waals surface area contributed by atoms with E-state index in [1.807, 2.05) is 25.1 Å². The predicted octanol–water partition coefficient (Wildman–Crippen LogP) is 5.36. The number of ether oxygens (including phenoxy) is 1.